The van der Waals surface area contributed by atoms with Gasteiger partial charge in [0.25, 0.3) is 0 Å². The zero-order valence-electron chi connectivity index (χ0n) is 16.5. The Hall–Kier alpha value is -1.56. The molecule has 0 unspecified atom stereocenters. The summed E-state index contributed by atoms with van der Waals surface area (Å²) in [5.74, 6) is 0.405. The smallest absolute Gasteiger partial charge is 0.308 e. The standard InChI is InChI=1S/C20H33NO4S/c1-5-7-8-9-10-11-20(22)21(17(3)4)16-18-12-14-19(15-13-18)25-26(23,24)6-2/h12-15,17H,5-11,16H2,1-4H3. The van der Waals surface area contributed by atoms with Gasteiger partial charge in [0.05, 0.1) is 5.75 Å². The molecule has 26 heavy (non-hydrogen) atoms. The first-order valence-corrected chi connectivity index (χ1v) is 11.2. The first-order chi connectivity index (χ1) is 12.3. The summed E-state index contributed by atoms with van der Waals surface area (Å²) in [6.45, 7) is 8.27. The molecule has 0 heterocycles. The van der Waals surface area contributed by atoms with E-state index in [1.54, 1.807) is 12.1 Å². The fourth-order valence-electron chi connectivity index (χ4n) is 2.63. The second kappa shape index (κ2) is 11.2. The zero-order valence-corrected chi connectivity index (χ0v) is 17.3. The van der Waals surface area contributed by atoms with Crippen LogP contribution >= 0.6 is 0 Å². The number of carbonyl (C=O) groups excluding carboxylic acids is 1. The molecule has 0 atom stereocenters. The maximum atomic E-state index is 12.5. The Labute approximate surface area is 158 Å². The Bertz CT molecular complexity index is 638. The van der Waals surface area contributed by atoms with Crippen LogP contribution in [0.25, 0.3) is 0 Å². The molecule has 0 aliphatic carbocycles. The minimum atomic E-state index is -3.52. The van der Waals surface area contributed by atoms with Crippen LogP contribution in [-0.2, 0) is 21.5 Å². The summed E-state index contributed by atoms with van der Waals surface area (Å²) in [4.78, 5) is 14.4. The number of unbranched alkanes of at least 4 members (excludes halogenated alkanes) is 4. The van der Waals surface area contributed by atoms with Crippen LogP contribution in [-0.4, -0.2) is 31.0 Å². The van der Waals surface area contributed by atoms with Crippen LogP contribution < -0.4 is 4.18 Å². The van der Waals surface area contributed by atoms with Crippen molar-refractivity contribution < 1.29 is 17.4 Å². The second-order valence-electron chi connectivity index (χ2n) is 6.85. The SMILES string of the molecule is CCCCCCCC(=O)N(Cc1ccc(OS(=O)(=O)CC)cc1)C(C)C. The summed E-state index contributed by atoms with van der Waals surface area (Å²) >= 11 is 0. The van der Waals surface area contributed by atoms with Gasteiger partial charge < -0.3 is 9.08 Å². The molecule has 148 valence electrons. The van der Waals surface area contributed by atoms with Crippen molar-refractivity contribution in [2.45, 2.75) is 78.8 Å². The Kier molecular flexibility index (Phi) is 9.70. The van der Waals surface area contributed by atoms with Gasteiger partial charge in [0.1, 0.15) is 5.75 Å². The van der Waals surface area contributed by atoms with Gasteiger partial charge >= 0.3 is 10.1 Å². The van der Waals surface area contributed by atoms with Crippen LogP contribution in [0.3, 0.4) is 0 Å². The normalized spacial score (nSPS) is 11.6. The topological polar surface area (TPSA) is 63.7 Å². The lowest BCUT2D eigenvalue weighted by Crippen LogP contribution is -2.36. The van der Waals surface area contributed by atoms with Gasteiger partial charge in [0, 0.05) is 19.0 Å². The largest absolute Gasteiger partial charge is 0.382 e. The molecule has 0 N–H and O–H groups in total. The second-order valence-corrected chi connectivity index (χ2v) is 8.71. The van der Waals surface area contributed by atoms with Crippen molar-refractivity contribution in [1.29, 1.82) is 0 Å². The van der Waals surface area contributed by atoms with Crippen molar-refractivity contribution in [3.63, 3.8) is 0 Å². The van der Waals surface area contributed by atoms with E-state index in [2.05, 4.69) is 6.92 Å². The maximum Gasteiger partial charge on any atom is 0.308 e. The summed E-state index contributed by atoms with van der Waals surface area (Å²) in [5.41, 5.74) is 0.958. The van der Waals surface area contributed by atoms with E-state index in [-0.39, 0.29) is 17.7 Å². The molecule has 0 aliphatic rings. The van der Waals surface area contributed by atoms with Crippen LogP contribution in [0.4, 0.5) is 0 Å². The molecule has 1 aromatic carbocycles. The van der Waals surface area contributed by atoms with Gasteiger partial charge in [0.15, 0.2) is 0 Å². The Morgan fingerprint density at radius 1 is 1.04 bits per heavy atom. The van der Waals surface area contributed by atoms with E-state index >= 15 is 0 Å². The number of carbonyl (C=O) groups is 1. The third-order valence-electron chi connectivity index (χ3n) is 4.29. The quantitative estimate of drug-likeness (QED) is 0.393. The van der Waals surface area contributed by atoms with Gasteiger partial charge in [-0.3, -0.25) is 4.79 Å². The van der Waals surface area contributed by atoms with E-state index in [1.165, 1.54) is 26.2 Å². The molecule has 1 rings (SSSR count). The van der Waals surface area contributed by atoms with Crippen LogP contribution in [0.2, 0.25) is 0 Å². The van der Waals surface area contributed by atoms with E-state index in [0.717, 1.165) is 18.4 Å². The fraction of sp³-hybridized carbons (Fsp3) is 0.650. The highest BCUT2D eigenvalue weighted by atomic mass is 32.2. The number of hydrogen-bond donors (Lipinski definition) is 0. The minimum absolute atomic E-state index is 0.0668. The zero-order chi connectivity index (χ0) is 19.6. The number of benzene rings is 1. The fourth-order valence-corrected chi connectivity index (χ4v) is 3.16. The molecule has 0 aromatic heterocycles. The van der Waals surface area contributed by atoms with E-state index in [4.69, 9.17) is 4.18 Å². The number of amides is 1. The number of hydrogen-bond acceptors (Lipinski definition) is 4. The molecule has 0 radical (unpaired) electrons. The molecule has 6 heteroatoms. The summed E-state index contributed by atoms with van der Waals surface area (Å²) in [6.07, 6.45) is 6.23. The van der Waals surface area contributed by atoms with Gasteiger partial charge in [0.2, 0.25) is 5.91 Å². The molecule has 1 amide bonds. The Morgan fingerprint density at radius 2 is 1.65 bits per heavy atom. The molecule has 0 bridgehead atoms. The van der Waals surface area contributed by atoms with E-state index < -0.39 is 10.1 Å². The first kappa shape index (κ1) is 22.5. The van der Waals surface area contributed by atoms with Crippen molar-refractivity contribution in [2.75, 3.05) is 5.75 Å². The van der Waals surface area contributed by atoms with E-state index in [9.17, 15) is 13.2 Å². The molecule has 0 saturated carbocycles. The van der Waals surface area contributed by atoms with Crippen LogP contribution in [0, 0.1) is 0 Å². The third-order valence-corrected chi connectivity index (χ3v) is 5.44. The van der Waals surface area contributed by atoms with E-state index in [1.807, 2.05) is 30.9 Å². The summed E-state index contributed by atoms with van der Waals surface area (Å²) in [5, 5.41) is 0. The predicted octanol–water partition coefficient (Wildman–Crippen LogP) is 4.51. The summed E-state index contributed by atoms with van der Waals surface area (Å²) in [7, 11) is -3.52. The lowest BCUT2D eigenvalue weighted by molar-refractivity contribution is -0.133. The molecular weight excluding hydrogens is 350 g/mol. The minimum Gasteiger partial charge on any atom is -0.382 e. The third kappa shape index (κ3) is 8.21. The van der Waals surface area contributed by atoms with Crippen LogP contribution in [0.15, 0.2) is 24.3 Å². The highest BCUT2D eigenvalue weighted by molar-refractivity contribution is 7.87. The van der Waals surface area contributed by atoms with Crippen molar-refractivity contribution in [1.82, 2.24) is 4.90 Å². The summed E-state index contributed by atoms with van der Waals surface area (Å²) in [6, 6.07) is 7.01. The monoisotopic (exact) mass is 383 g/mol. The Morgan fingerprint density at radius 3 is 2.19 bits per heavy atom. The predicted molar refractivity (Wildman–Crippen MR) is 106 cm³/mol. The molecule has 1 aromatic rings. The van der Waals surface area contributed by atoms with Crippen molar-refractivity contribution in [3.8, 4) is 5.75 Å². The molecule has 0 spiro atoms. The van der Waals surface area contributed by atoms with E-state index in [0.29, 0.717) is 18.7 Å². The number of nitrogens with zero attached hydrogens (tertiary/aromatic N) is 1. The first-order valence-electron chi connectivity index (χ1n) is 9.59. The molecular formula is C20H33NO4S. The van der Waals surface area contributed by atoms with Gasteiger partial charge in [-0.05, 0) is 44.9 Å². The lowest BCUT2D eigenvalue weighted by atomic mass is 10.1. The van der Waals surface area contributed by atoms with Crippen molar-refractivity contribution >= 4 is 16.0 Å². The van der Waals surface area contributed by atoms with Crippen molar-refractivity contribution in [3.05, 3.63) is 29.8 Å². The average Bonchev–Trinajstić information content (AvgIpc) is 2.60. The highest BCUT2D eigenvalue weighted by Gasteiger charge is 2.17. The molecule has 0 aliphatic heterocycles. The highest BCUT2D eigenvalue weighted by Crippen LogP contribution is 2.18. The molecule has 0 saturated heterocycles. The number of rotatable bonds is 12. The van der Waals surface area contributed by atoms with Crippen LogP contribution in [0.5, 0.6) is 5.75 Å². The average molecular weight is 384 g/mol. The summed E-state index contributed by atoms with van der Waals surface area (Å²) < 4.78 is 28.0. The van der Waals surface area contributed by atoms with Gasteiger partial charge in [-0.25, -0.2) is 0 Å². The Balaban J connectivity index is 2.62. The van der Waals surface area contributed by atoms with Gasteiger partial charge in [-0.1, -0.05) is 44.7 Å². The van der Waals surface area contributed by atoms with Crippen molar-refractivity contribution in [2.24, 2.45) is 0 Å². The maximum absolute atomic E-state index is 12.5. The molecule has 5 nitrogen and oxygen atoms in total. The lowest BCUT2D eigenvalue weighted by Gasteiger charge is -2.27. The molecule has 0 fully saturated rings. The van der Waals surface area contributed by atoms with Gasteiger partial charge in [-0.15, -0.1) is 0 Å². The van der Waals surface area contributed by atoms with Crippen LogP contribution in [0.1, 0.15) is 71.8 Å². The van der Waals surface area contributed by atoms with Gasteiger partial charge in [-0.2, -0.15) is 8.42 Å².